The van der Waals surface area contributed by atoms with Crippen molar-refractivity contribution in [2.75, 3.05) is 11.9 Å². The fourth-order valence-electron chi connectivity index (χ4n) is 3.66. The van der Waals surface area contributed by atoms with Crippen molar-refractivity contribution < 1.29 is 19.1 Å². The highest BCUT2D eigenvalue weighted by atomic mass is 16.7. The molecule has 2 aromatic carbocycles. The van der Waals surface area contributed by atoms with Gasteiger partial charge in [-0.1, -0.05) is 18.2 Å². The van der Waals surface area contributed by atoms with Gasteiger partial charge in [-0.25, -0.2) is 0 Å². The Morgan fingerprint density at radius 2 is 1.71 bits per heavy atom. The summed E-state index contributed by atoms with van der Waals surface area (Å²) in [5.41, 5.74) is 1.31. The molecule has 28 heavy (non-hydrogen) atoms. The van der Waals surface area contributed by atoms with Crippen molar-refractivity contribution in [3.8, 4) is 11.5 Å². The standard InChI is InChI=1S/C22H24N2O4/c25-20(9-6-14-23-21(26)16-7-2-1-3-8-16)24-17-10-11-18-19(15-17)28-22(27-18)12-4-5-13-22/h1-3,7-8,10-11,15H,4-6,9,12-14H2,(H,23,26)(H,24,25). The van der Waals surface area contributed by atoms with Gasteiger partial charge >= 0.3 is 0 Å². The van der Waals surface area contributed by atoms with Crippen molar-refractivity contribution in [2.45, 2.75) is 44.3 Å². The van der Waals surface area contributed by atoms with Crippen LogP contribution in [0.15, 0.2) is 48.5 Å². The van der Waals surface area contributed by atoms with E-state index in [2.05, 4.69) is 10.6 Å². The molecule has 6 heteroatoms. The fraction of sp³-hybridized carbons (Fsp3) is 0.364. The first-order valence-corrected chi connectivity index (χ1v) is 9.79. The van der Waals surface area contributed by atoms with E-state index in [1.807, 2.05) is 36.4 Å². The third-order valence-corrected chi connectivity index (χ3v) is 5.09. The second kappa shape index (κ2) is 7.92. The molecule has 0 atom stereocenters. The number of rotatable bonds is 6. The van der Waals surface area contributed by atoms with Crippen molar-refractivity contribution in [1.82, 2.24) is 5.32 Å². The predicted molar refractivity (Wildman–Crippen MR) is 106 cm³/mol. The second-order valence-corrected chi connectivity index (χ2v) is 7.26. The van der Waals surface area contributed by atoms with E-state index in [-0.39, 0.29) is 11.8 Å². The molecule has 0 aromatic heterocycles. The Morgan fingerprint density at radius 1 is 0.964 bits per heavy atom. The van der Waals surface area contributed by atoms with Crippen LogP contribution in [-0.2, 0) is 4.79 Å². The van der Waals surface area contributed by atoms with E-state index in [1.54, 1.807) is 12.1 Å². The lowest BCUT2D eigenvalue weighted by atomic mass is 10.2. The van der Waals surface area contributed by atoms with Gasteiger partial charge in [0.15, 0.2) is 11.5 Å². The molecule has 1 spiro atoms. The highest BCUT2D eigenvalue weighted by molar-refractivity contribution is 5.94. The quantitative estimate of drug-likeness (QED) is 0.746. The van der Waals surface area contributed by atoms with E-state index < -0.39 is 5.79 Å². The van der Waals surface area contributed by atoms with Crippen LogP contribution in [0.25, 0.3) is 0 Å². The minimum absolute atomic E-state index is 0.0941. The molecule has 1 heterocycles. The average Bonchev–Trinajstić information content (AvgIpc) is 3.31. The SMILES string of the molecule is O=C(CCCNC(=O)c1ccccc1)Nc1ccc2c(c1)OC1(CCCC1)O2. The number of fused-ring (bicyclic) bond motifs is 1. The molecule has 0 saturated heterocycles. The summed E-state index contributed by atoms with van der Waals surface area (Å²) in [6.07, 6.45) is 4.92. The fourth-order valence-corrected chi connectivity index (χ4v) is 3.66. The van der Waals surface area contributed by atoms with Gasteiger partial charge in [0, 0.05) is 43.1 Å². The van der Waals surface area contributed by atoms with Crippen LogP contribution >= 0.6 is 0 Å². The van der Waals surface area contributed by atoms with Crippen LogP contribution in [0.1, 0.15) is 48.9 Å². The highest BCUT2D eigenvalue weighted by Gasteiger charge is 2.44. The van der Waals surface area contributed by atoms with Crippen LogP contribution in [0.3, 0.4) is 0 Å². The third kappa shape index (κ3) is 4.11. The molecule has 4 rings (SSSR count). The summed E-state index contributed by atoms with van der Waals surface area (Å²) in [6.45, 7) is 0.449. The third-order valence-electron chi connectivity index (χ3n) is 5.09. The molecule has 146 valence electrons. The van der Waals surface area contributed by atoms with E-state index in [1.165, 1.54) is 0 Å². The zero-order valence-corrected chi connectivity index (χ0v) is 15.7. The first-order chi connectivity index (χ1) is 13.6. The minimum Gasteiger partial charge on any atom is -0.448 e. The molecule has 2 aliphatic rings. The largest absolute Gasteiger partial charge is 0.448 e. The van der Waals surface area contributed by atoms with E-state index in [9.17, 15) is 9.59 Å². The Morgan fingerprint density at radius 3 is 2.50 bits per heavy atom. The summed E-state index contributed by atoms with van der Waals surface area (Å²) in [5.74, 6) is 0.710. The summed E-state index contributed by atoms with van der Waals surface area (Å²) in [7, 11) is 0. The summed E-state index contributed by atoms with van der Waals surface area (Å²) < 4.78 is 12.0. The summed E-state index contributed by atoms with van der Waals surface area (Å²) >= 11 is 0. The lowest BCUT2D eigenvalue weighted by Gasteiger charge is -2.21. The molecule has 2 aromatic rings. The predicted octanol–water partition coefficient (Wildman–Crippen LogP) is 3.88. The van der Waals surface area contributed by atoms with Gasteiger partial charge in [-0.15, -0.1) is 0 Å². The Kier molecular flexibility index (Phi) is 5.19. The van der Waals surface area contributed by atoms with Gasteiger partial charge in [0.2, 0.25) is 5.91 Å². The van der Waals surface area contributed by atoms with Gasteiger partial charge in [-0.05, 0) is 43.5 Å². The maximum atomic E-state index is 12.2. The molecule has 0 radical (unpaired) electrons. The van der Waals surface area contributed by atoms with Gasteiger partial charge in [0.05, 0.1) is 0 Å². The maximum Gasteiger partial charge on any atom is 0.251 e. The number of hydrogen-bond donors (Lipinski definition) is 2. The number of anilines is 1. The molecular formula is C22H24N2O4. The first kappa shape index (κ1) is 18.3. The number of benzene rings is 2. The lowest BCUT2D eigenvalue weighted by molar-refractivity contribution is -0.116. The number of carbonyl (C=O) groups excluding carboxylic acids is 2. The van der Waals surface area contributed by atoms with E-state index in [0.29, 0.717) is 36.4 Å². The smallest absolute Gasteiger partial charge is 0.251 e. The number of hydrogen-bond acceptors (Lipinski definition) is 4. The monoisotopic (exact) mass is 380 g/mol. The Hall–Kier alpha value is -3.02. The lowest BCUT2D eigenvalue weighted by Crippen LogP contribution is -2.34. The van der Waals surface area contributed by atoms with E-state index in [4.69, 9.17) is 9.47 Å². The van der Waals surface area contributed by atoms with Crippen LogP contribution < -0.4 is 20.1 Å². The average molecular weight is 380 g/mol. The Balaban J connectivity index is 1.22. The van der Waals surface area contributed by atoms with Crippen LogP contribution in [-0.4, -0.2) is 24.1 Å². The topological polar surface area (TPSA) is 76.7 Å². The molecule has 1 aliphatic heterocycles. The molecule has 0 unspecified atom stereocenters. The van der Waals surface area contributed by atoms with E-state index in [0.717, 1.165) is 31.4 Å². The number of carbonyl (C=O) groups is 2. The number of ether oxygens (including phenoxy) is 2. The first-order valence-electron chi connectivity index (χ1n) is 9.79. The summed E-state index contributed by atoms with van der Waals surface area (Å²) in [6, 6.07) is 14.5. The Bertz CT molecular complexity index is 860. The van der Waals surface area contributed by atoms with Crippen LogP contribution in [0.5, 0.6) is 11.5 Å². The van der Waals surface area contributed by atoms with Crippen molar-refractivity contribution in [2.24, 2.45) is 0 Å². The zero-order chi connectivity index (χ0) is 19.4. The molecule has 0 bridgehead atoms. The zero-order valence-electron chi connectivity index (χ0n) is 15.7. The maximum absolute atomic E-state index is 12.2. The van der Waals surface area contributed by atoms with Gasteiger partial charge in [-0.3, -0.25) is 9.59 Å². The molecule has 6 nitrogen and oxygen atoms in total. The van der Waals surface area contributed by atoms with Crippen molar-refractivity contribution in [1.29, 1.82) is 0 Å². The van der Waals surface area contributed by atoms with Crippen molar-refractivity contribution in [3.63, 3.8) is 0 Å². The highest BCUT2D eigenvalue weighted by Crippen LogP contribution is 2.47. The normalized spacial score (nSPS) is 16.1. The number of amides is 2. The van der Waals surface area contributed by atoms with Crippen LogP contribution in [0.4, 0.5) is 5.69 Å². The molecule has 2 N–H and O–H groups in total. The molecule has 2 amide bonds. The Labute approximate surface area is 164 Å². The van der Waals surface area contributed by atoms with Crippen LogP contribution in [0, 0.1) is 0 Å². The van der Waals surface area contributed by atoms with Gasteiger partial charge < -0.3 is 20.1 Å². The second-order valence-electron chi connectivity index (χ2n) is 7.26. The summed E-state index contributed by atoms with van der Waals surface area (Å²) in [4.78, 5) is 24.1. The molecule has 1 fully saturated rings. The number of nitrogens with one attached hydrogen (secondary N) is 2. The molecule has 1 aliphatic carbocycles. The van der Waals surface area contributed by atoms with Gasteiger partial charge in [-0.2, -0.15) is 0 Å². The van der Waals surface area contributed by atoms with Gasteiger partial charge in [0.1, 0.15) is 0 Å². The van der Waals surface area contributed by atoms with E-state index >= 15 is 0 Å². The van der Waals surface area contributed by atoms with Crippen molar-refractivity contribution in [3.05, 3.63) is 54.1 Å². The summed E-state index contributed by atoms with van der Waals surface area (Å²) in [5, 5.41) is 5.71. The molecule has 1 saturated carbocycles. The van der Waals surface area contributed by atoms with Gasteiger partial charge in [0.25, 0.3) is 11.7 Å². The van der Waals surface area contributed by atoms with Crippen LogP contribution in [0.2, 0.25) is 0 Å². The molecular weight excluding hydrogens is 356 g/mol. The minimum atomic E-state index is -0.498. The van der Waals surface area contributed by atoms with Crippen molar-refractivity contribution >= 4 is 17.5 Å².